The van der Waals surface area contributed by atoms with Gasteiger partial charge >= 0.3 is 0 Å². The monoisotopic (exact) mass is 315 g/mol. The van der Waals surface area contributed by atoms with E-state index in [9.17, 15) is 4.79 Å². The number of halogens is 1. The zero-order chi connectivity index (χ0) is 15.7. The zero-order valence-electron chi connectivity index (χ0n) is 12.7. The van der Waals surface area contributed by atoms with Crippen molar-refractivity contribution in [2.24, 2.45) is 0 Å². The van der Waals surface area contributed by atoms with Gasteiger partial charge in [0.2, 0.25) is 0 Å². The van der Waals surface area contributed by atoms with Crippen LogP contribution in [0.25, 0.3) is 0 Å². The van der Waals surface area contributed by atoms with Gasteiger partial charge in [0.05, 0.1) is 12.8 Å². The van der Waals surface area contributed by atoms with Crippen molar-refractivity contribution in [1.29, 1.82) is 0 Å². The lowest BCUT2D eigenvalue weighted by atomic mass is 10.1. The highest BCUT2D eigenvalue weighted by Crippen LogP contribution is 2.31. The van der Waals surface area contributed by atoms with Gasteiger partial charge in [-0.2, -0.15) is 0 Å². The van der Waals surface area contributed by atoms with E-state index in [1.807, 2.05) is 25.1 Å². The Morgan fingerprint density at radius 2 is 1.95 bits per heavy atom. The summed E-state index contributed by atoms with van der Waals surface area (Å²) >= 11 is 6.09. The molecule has 0 aromatic heterocycles. The average Bonchev–Trinajstić information content (AvgIpc) is 2.98. The first kappa shape index (κ1) is 14.9. The number of ether oxygens (including phenoxy) is 1. The Morgan fingerprint density at radius 3 is 2.73 bits per heavy atom. The smallest absolute Gasteiger partial charge is 0.255 e. The summed E-state index contributed by atoms with van der Waals surface area (Å²) in [5.74, 6) is 0.430. The average molecular weight is 316 g/mol. The number of aryl methyl sites for hydroxylation is 3. The molecule has 0 spiro atoms. The molecule has 0 saturated heterocycles. The van der Waals surface area contributed by atoms with Gasteiger partial charge in [-0.05, 0) is 61.1 Å². The molecule has 0 saturated carbocycles. The largest absolute Gasteiger partial charge is 0.495 e. The van der Waals surface area contributed by atoms with Crippen LogP contribution in [0.4, 0.5) is 5.69 Å². The third kappa shape index (κ3) is 2.81. The number of carbonyl (C=O) groups excluding carboxylic acids is 1. The van der Waals surface area contributed by atoms with Crippen LogP contribution in [0.15, 0.2) is 30.3 Å². The zero-order valence-corrected chi connectivity index (χ0v) is 13.5. The maximum Gasteiger partial charge on any atom is 0.255 e. The van der Waals surface area contributed by atoms with Crippen molar-refractivity contribution in [1.82, 2.24) is 0 Å². The first-order valence-electron chi connectivity index (χ1n) is 7.36. The van der Waals surface area contributed by atoms with E-state index in [0.29, 0.717) is 22.0 Å². The molecule has 3 nitrogen and oxygen atoms in total. The Hall–Kier alpha value is -2.00. The first-order valence-corrected chi connectivity index (χ1v) is 7.73. The van der Waals surface area contributed by atoms with Crippen molar-refractivity contribution in [3.63, 3.8) is 0 Å². The third-order valence-corrected chi connectivity index (χ3v) is 4.50. The van der Waals surface area contributed by atoms with Crippen LogP contribution in [-0.4, -0.2) is 13.0 Å². The maximum absolute atomic E-state index is 12.5. The van der Waals surface area contributed by atoms with Gasteiger partial charge in [-0.3, -0.25) is 4.79 Å². The van der Waals surface area contributed by atoms with Crippen LogP contribution < -0.4 is 10.1 Å². The molecule has 1 aliphatic rings. The number of carbonyl (C=O) groups is 1. The van der Waals surface area contributed by atoms with Crippen molar-refractivity contribution >= 4 is 23.2 Å². The third-order valence-electron chi connectivity index (χ3n) is 4.09. The molecule has 0 heterocycles. The highest BCUT2D eigenvalue weighted by atomic mass is 35.5. The molecular formula is C18H18ClNO2. The van der Waals surface area contributed by atoms with E-state index in [1.165, 1.54) is 17.5 Å². The predicted octanol–water partition coefficient (Wildman–Crippen LogP) is 4.40. The topological polar surface area (TPSA) is 38.3 Å². The van der Waals surface area contributed by atoms with Crippen LogP contribution in [0.1, 0.15) is 33.5 Å². The number of anilines is 1. The van der Waals surface area contributed by atoms with E-state index in [2.05, 4.69) is 11.4 Å². The van der Waals surface area contributed by atoms with Gasteiger partial charge in [-0.1, -0.05) is 17.7 Å². The van der Waals surface area contributed by atoms with Gasteiger partial charge in [0, 0.05) is 16.7 Å². The number of methoxy groups -OCH3 is 1. The van der Waals surface area contributed by atoms with Gasteiger partial charge in [0.1, 0.15) is 5.75 Å². The second kappa shape index (κ2) is 6.01. The van der Waals surface area contributed by atoms with Crippen LogP contribution in [0.2, 0.25) is 5.02 Å². The quantitative estimate of drug-likeness (QED) is 0.911. The number of rotatable bonds is 3. The van der Waals surface area contributed by atoms with Gasteiger partial charge in [0.25, 0.3) is 5.91 Å². The fourth-order valence-electron chi connectivity index (χ4n) is 2.84. The van der Waals surface area contributed by atoms with Crippen LogP contribution in [0.3, 0.4) is 0 Å². The van der Waals surface area contributed by atoms with Crippen LogP contribution in [0.5, 0.6) is 5.75 Å². The van der Waals surface area contributed by atoms with E-state index < -0.39 is 0 Å². The Balaban J connectivity index is 1.87. The molecule has 3 rings (SSSR count). The summed E-state index contributed by atoms with van der Waals surface area (Å²) < 4.78 is 5.29. The van der Waals surface area contributed by atoms with Crippen LogP contribution in [0, 0.1) is 6.92 Å². The van der Waals surface area contributed by atoms with E-state index in [-0.39, 0.29) is 5.91 Å². The molecule has 0 unspecified atom stereocenters. The summed E-state index contributed by atoms with van der Waals surface area (Å²) in [6, 6.07) is 9.48. The SMILES string of the molecule is COc1cc(Cl)c(C)cc1NC(=O)c1ccc2c(c1)CCC2. The lowest BCUT2D eigenvalue weighted by molar-refractivity contribution is 0.102. The Morgan fingerprint density at radius 1 is 1.18 bits per heavy atom. The van der Waals surface area contributed by atoms with Gasteiger partial charge in [-0.25, -0.2) is 0 Å². The minimum absolute atomic E-state index is 0.130. The molecular weight excluding hydrogens is 298 g/mol. The molecule has 1 amide bonds. The molecule has 2 aromatic carbocycles. The minimum atomic E-state index is -0.130. The van der Waals surface area contributed by atoms with E-state index >= 15 is 0 Å². The number of amides is 1. The fourth-order valence-corrected chi connectivity index (χ4v) is 2.99. The number of benzene rings is 2. The maximum atomic E-state index is 12.5. The van der Waals surface area contributed by atoms with E-state index in [4.69, 9.17) is 16.3 Å². The molecule has 0 bridgehead atoms. The Labute approximate surface area is 135 Å². The first-order chi connectivity index (χ1) is 10.6. The van der Waals surface area contributed by atoms with Crippen molar-refractivity contribution in [3.8, 4) is 5.75 Å². The van der Waals surface area contributed by atoms with Crippen LogP contribution >= 0.6 is 11.6 Å². The van der Waals surface area contributed by atoms with Gasteiger partial charge in [-0.15, -0.1) is 0 Å². The van der Waals surface area contributed by atoms with Crippen LogP contribution in [-0.2, 0) is 12.8 Å². The lowest BCUT2D eigenvalue weighted by Crippen LogP contribution is -2.13. The van der Waals surface area contributed by atoms with E-state index in [1.54, 1.807) is 13.2 Å². The highest BCUT2D eigenvalue weighted by molar-refractivity contribution is 6.31. The van der Waals surface area contributed by atoms with Crippen molar-refractivity contribution < 1.29 is 9.53 Å². The molecule has 0 aliphatic heterocycles. The molecule has 0 radical (unpaired) electrons. The number of nitrogens with one attached hydrogen (secondary N) is 1. The molecule has 114 valence electrons. The fraction of sp³-hybridized carbons (Fsp3) is 0.278. The Bertz CT molecular complexity index is 740. The van der Waals surface area contributed by atoms with Gasteiger partial charge < -0.3 is 10.1 Å². The summed E-state index contributed by atoms with van der Waals surface area (Å²) in [6.45, 7) is 1.90. The van der Waals surface area contributed by atoms with Crippen molar-refractivity contribution in [3.05, 3.63) is 57.6 Å². The number of hydrogen-bond acceptors (Lipinski definition) is 2. The standard InChI is InChI=1S/C18H18ClNO2/c1-11-8-16(17(22-2)10-15(11)19)20-18(21)14-7-6-12-4-3-5-13(12)9-14/h6-10H,3-5H2,1-2H3,(H,20,21). The molecule has 22 heavy (non-hydrogen) atoms. The van der Waals surface area contributed by atoms with Crippen molar-refractivity contribution in [2.45, 2.75) is 26.2 Å². The summed E-state index contributed by atoms with van der Waals surface area (Å²) in [7, 11) is 1.56. The van der Waals surface area contributed by atoms with Crippen molar-refractivity contribution in [2.75, 3.05) is 12.4 Å². The summed E-state index contributed by atoms with van der Waals surface area (Å²) in [6.07, 6.45) is 3.34. The van der Waals surface area contributed by atoms with E-state index in [0.717, 1.165) is 18.4 Å². The van der Waals surface area contributed by atoms with Gasteiger partial charge in [0.15, 0.2) is 0 Å². The summed E-state index contributed by atoms with van der Waals surface area (Å²) in [5.41, 5.74) is 4.85. The number of hydrogen-bond donors (Lipinski definition) is 1. The molecule has 4 heteroatoms. The predicted molar refractivity (Wildman–Crippen MR) is 89.2 cm³/mol. The summed E-state index contributed by atoms with van der Waals surface area (Å²) in [4.78, 5) is 12.5. The summed E-state index contributed by atoms with van der Waals surface area (Å²) in [5, 5.41) is 3.53. The highest BCUT2D eigenvalue weighted by Gasteiger charge is 2.15. The molecule has 1 aliphatic carbocycles. The lowest BCUT2D eigenvalue weighted by Gasteiger charge is -2.13. The molecule has 2 aromatic rings. The normalized spacial score (nSPS) is 12.9. The second-order valence-corrected chi connectivity index (χ2v) is 6.00. The second-order valence-electron chi connectivity index (χ2n) is 5.59. The number of fused-ring (bicyclic) bond motifs is 1. The molecule has 0 fully saturated rings. The minimum Gasteiger partial charge on any atom is -0.495 e. The Kier molecular flexibility index (Phi) is 4.08. The molecule has 0 atom stereocenters. The molecule has 1 N–H and O–H groups in total.